The lowest BCUT2D eigenvalue weighted by atomic mass is 9.89. The molecule has 1 amide bonds. The minimum absolute atomic E-state index is 0.147. The smallest absolute Gasteiger partial charge is 0.410 e. The van der Waals surface area contributed by atoms with Crippen molar-refractivity contribution < 1.29 is 9.53 Å². The number of fused-ring (bicyclic) bond motifs is 1. The van der Waals surface area contributed by atoms with E-state index in [0.29, 0.717) is 6.54 Å². The molecule has 1 aliphatic heterocycles. The molecule has 0 spiro atoms. The Morgan fingerprint density at radius 1 is 1.00 bits per heavy atom. The van der Waals surface area contributed by atoms with Crippen LogP contribution in [0.5, 0.6) is 0 Å². The van der Waals surface area contributed by atoms with Crippen LogP contribution < -0.4 is 0 Å². The fraction of sp³-hybridized carbons (Fsp3) is 0.182. The summed E-state index contributed by atoms with van der Waals surface area (Å²) in [5.74, 6) is 0. The van der Waals surface area contributed by atoms with E-state index in [1.54, 1.807) is 12.4 Å². The number of carbonyl (C=O) groups is 1. The molecule has 0 radical (unpaired) electrons. The van der Waals surface area contributed by atoms with Gasteiger partial charge in [0.2, 0.25) is 0 Å². The molecule has 4 nitrogen and oxygen atoms in total. The zero-order chi connectivity index (χ0) is 17.8. The summed E-state index contributed by atoms with van der Waals surface area (Å²) in [5.41, 5.74) is 4.46. The second-order valence-corrected chi connectivity index (χ2v) is 6.37. The standard InChI is InChI=1S/C22H20N2O2/c25-22(26-16-17-6-2-1-3-7-17)24-15-12-18-8-4-5-9-20(18)21(24)19-10-13-23-14-11-19/h1-11,13-14,21H,12,15-16H2. The Labute approximate surface area is 153 Å². The summed E-state index contributed by atoms with van der Waals surface area (Å²) < 4.78 is 5.61. The monoisotopic (exact) mass is 344 g/mol. The summed E-state index contributed by atoms with van der Waals surface area (Å²) in [5, 5.41) is 0. The first-order valence-electron chi connectivity index (χ1n) is 8.78. The van der Waals surface area contributed by atoms with Crippen molar-refractivity contribution in [1.29, 1.82) is 0 Å². The summed E-state index contributed by atoms with van der Waals surface area (Å²) in [6.45, 7) is 0.915. The zero-order valence-electron chi connectivity index (χ0n) is 14.4. The van der Waals surface area contributed by atoms with Gasteiger partial charge in [0, 0.05) is 18.9 Å². The van der Waals surface area contributed by atoms with E-state index >= 15 is 0 Å². The van der Waals surface area contributed by atoms with Gasteiger partial charge in [-0.15, -0.1) is 0 Å². The fourth-order valence-electron chi connectivity index (χ4n) is 3.47. The van der Waals surface area contributed by atoms with Crippen LogP contribution in [0.1, 0.15) is 28.3 Å². The van der Waals surface area contributed by atoms with E-state index in [1.807, 2.05) is 59.5 Å². The van der Waals surface area contributed by atoms with Crippen LogP contribution in [-0.2, 0) is 17.8 Å². The fourth-order valence-corrected chi connectivity index (χ4v) is 3.47. The van der Waals surface area contributed by atoms with Crippen LogP contribution in [-0.4, -0.2) is 22.5 Å². The van der Waals surface area contributed by atoms with Crippen molar-refractivity contribution in [3.63, 3.8) is 0 Å². The normalized spacial score (nSPS) is 16.0. The maximum absolute atomic E-state index is 12.9. The molecule has 1 aliphatic rings. The second kappa shape index (κ2) is 7.40. The molecule has 0 bridgehead atoms. The molecule has 4 heteroatoms. The van der Waals surface area contributed by atoms with Gasteiger partial charge in [-0.2, -0.15) is 0 Å². The highest BCUT2D eigenvalue weighted by molar-refractivity contribution is 5.70. The van der Waals surface area contributed by atoms with Crippen molar-refractivity contribution in [3.05, 3.63) is 101 Å². The highest BCUT2D eigenvalue weighted by Gasteiger charge is 2.32. The number of benzene rings is 2. The molecule has 0 saturated carbocycles. The molecule has 3 aromatic rings. The Hall–Kier alpha value is -3.14. The summed E-state index contributed by atoms with van der Waals surface area (Å²) in [6, 6.07) is 21.8. The Morgan fingerprint density at radius 2 is 1.73 bits per heavy atom. The molecule has 2 aromatic carbocycles. The minimum Gasteiger partial charge on any atom is -0.445 e. The van der Waals surface area contributed by atoms with Gasteiger partial charge in [-0.3, -0.25) is 9.88 Å². The van der Waals surface area contributed by atoms with Gasteiger partial charge in [-0.25, -0.2) is 4.79 Å². The van der Waals surface area contributed by atoms with Gasteiger partial charge in [0.05, 0.1) is 6.04 Å². The topological polar surface area (TPSA) is 42.4 Å². The van der Waals surface area contributed by atoms with Crippen LogP contribution in [0.15, 0.2) is 79.1 Å². The number of aromatic nitrogens is 1. The number of amides is 1. The molecule has 2 heterocycles. The lowest BCUT2D eigenvalue weighted by Crippen LogP contribution is -2.40. The van der Waals surface area contributed by atoms with E-state index in [0.717, 1.165) is 23.1 Å². The van der Waals surface area contributed by atoms with E-state index in [2.05, 4.69) is 17.1 Å². The van der Waals surface area contributed by atoms with Crippen molar-refractivity contribution in [2.45, 2.75) is 19.1 Å². The number of carbonyl (C=O) groups excluding carboxylic acids is 1. The predicted molar refractivity (Wildman–Crippen MR) is 99.6 cm³/mol. The quantitative estimate of drug-likeness (QED) is 0.709. The van der Waals surface area contributed by atoms with Crippen LogP contribution in [0, 0.1) is 0 Å². The van der Waals surface area contributed by atoms with E-state index in [9.17, 15) is 4.79 Å². The van der Waals surface area contributed by atoms with Crippen LogP contribution in [0.25, 0.3) is 0 Å². The second-order valence-electron chi connectivity index (χ2n) is 6.37. The average Bonchev–Trinajstić information content (AvgIpc) is 2.72. The molecule has 0 saturated heterocycles. The number of hydrogen-bond donors (Lipinski definition) is 0. The third-order valence-electron chi connectivity index (χ3n) is 4.74. The highest BCUT2D eigenvalue weighted by Crippen LogP contribution is 2.35. The lowest BCUT2D eigenvalue weighted by molar-refractivity contribution is 0.0837. The molecule has 1 aromatic heterocycles. The Bertz CT molecular complexity index is 881. The van der Waals surface area contributed by atoms with Gasteiger partial charge in [0.25, 0.3) is 0 Å². The van der Waals surface area contributed by atoms with E-state index in [-0.39, 0.29) is 18.7 Å². The minimum atomic E-state index is -0.287. The molecular formula is C22H20N2O2. The maximum Gasteiger partial charge on any atom is 0.410 e. The molecule has 0 fully saturated rings. The first kappa shape index (κ1) is 16.3. The summed E-state index contributed by atoms with van der Waals surface area (Å²) in [4.78, 5) is 18.8. The number of rotatable bonds is 3. The Kier molecular flexibility index (Phi) is 4.65. The molecule has 4 rings (SSSR count). The van der Waals surface area contributed by atoms with Gasteiger partial charge < -0.3 is 4.74 Å². The Morgan fingerprint density at radius 3 is 2.54 bits per heavy atom. The molecule has 1 atom stereocenters. The molecule has 0 N–H and O–H groups in total. The average molecular weight is 344 g/mol. The number of ether oxygens (including phenoxy) is 1. The first-order chi connectivity index (χ1) is 12.8. The van der Waals surface area contributed by atoms with E-state index in [4.69, 9.17) is 4.74 Å². The summed E-state index contributed by atoms with van der Waals surface area (Å²) >= 11 is 0. The third kappa shape index (κ3) is 3.31. The zero-order valence-corrected chi connectivity index (χ0v) is 14.4. The van der Waals surface area contributed by atoms with Crippen molar-refractivity contribution in [2.75, 3.05) is 6.54 Å². The number of pyridine rings is 1. The maximum atomic E-state index is 12.9. The van der Waals surface area contributed by atoms with Crippen molar-refractivity contribution >= 4 is 6.09 Å². The van der Waals surface area contributed by atoms with Gasteiger partial charge in [-0.05, 0) is 40.8 Å². The van der Waals surface area contributed by atoms with E-state index in [1.165, 1.54) is 5.56 Å². The first-order valence-corrected chi connectivity index (χ1v) is 8.78. The molecule has 1 unspecified atom stereocenters. The molecular weight excluding hydrogens is 324 g/mol. The summed E-state index contributed by atoms with van der Waals surface area (Å²) in [7, 11) is 0. The molecule has 26 heavy (non-hydrogen) atoms. The van der Waals surface area contributed by atoms with Crippen molar-refractivity contribution in [3.8, 4) is 0 Å². The van der Waals surface area contributed by atoms with Crippen LogP contribution >= 0.6 is 0 Å². The molecule has 130 valence electrons. The SMILES string of the molecule is O=C(OCc1ccccc1)N1CCc2ccccc2C1c1ccncc1. The summed E-state index contributed by atoms with van der Waals surface area (Å²) in [6.07, 6.45) is 4.07. The van der Waals surface area contributed by atoms with Crippen molar-refractivity contribution in [2.24, 2.45) is 0 Å². The van der Waals surface area contributed by atoms with Crippen LogP contribution in [0.2, 0.25) is 0 Å². The van der Waals surface area contributed by atoms with Crippen LogP contribution in [0.4, 0.5) is 4.79 Å². The largest absolute Gasteiger partial charge is 0.445 e. The van der Waals surface area contributed by atoms with Gasteiger partial charge in [-0.1, -0.05) is 54.6 Å². The van der Waals surface area contributed by atoms with Gasteiger partial charge in [0.1, 0.15) is 6.61 Å². The predicted octanol–water partition coefficient (Wildman–Crippen LogP) is 4.37. The van der Waals surface area contributed by atoms with Gasteiger partial charge >= 0.3 is 6.09 Å². The van der Waals surface area contributed by atoms with Gasteiger partial charge in [0.15, 0.2) is 0 Å². The van der Waals surface area contributed by atoms with Crippen molar-refractivity contribution in [1.82, 2.24) is 9.88 Å². The lowest BCUT2D eigenvalue weighted by Gasteiger charge is -2.36. The third-order valence-corrected chi connectivity index (χ3v) is 4.74. The Balaban J connectivity index is 1.61. The molecule has 0 aliphatic carbocycles. The number of nitrogens with zero attached hydrogens (tertiary/aromatic N) is 2. The highest BCUT2D eigenvalue weighted by atomic mass is 16.6. The number of hydrogen-bond acceptors (Lipinski definition) is 3. The van der Waals surface area contributed by atoms with Crippen LogP contribution in [0.3, 0.4) is 0 Å². The van der Waals surface area contributed by atoms with E-state index < -0.39 is 0 Å².